The molecule has 0 radical (unpaired) electrons. The van der Waals surface area contributed by atoms with Gasteiger partial charge in [0.1, 0.15) is 10.8 Å². The van der Waals surface area contributed by atoms with E-state index in [4.69, 9.17) is 4.74 Å². The van der Waals surface area contributed by atoms with Gasteiger partial charge < -0.3 is 4.74 Å². The van der Waals surface area contributed by atoms with Crippen molar-refractivity contribution in [1.29, 1.82) is 0 Å². The second kappa shape index (κ2) is 4.14. The van der Waals surface area contributed by atoms with Gasteiger partial charge in [-0.25, -0.2) is 4.98 Å². The van der Waals surface area contributed by atoms with E-state index in [-0.39, 0.29) is 0 Å². The summed E-state index contributed by atoms with van der Waals surface area (Å²) in [6, 6.07) is 8.02. The van der Waals surface area contributed by atoms with E-state index in [1.807, 2.05) is 29.6 Å². The molecule has 3 rings (SSSR count). The summed E-state index contributed by atoms with van der Waals surface area (Å²) in [6.07, 6.45) is 3.55. The van der Waals surface area contributed by atoms with Gasteiger partial charge in [-0.1, -0.05) is 18.2 Å². The molecule has 0 saturated carbocycles. The summed E-state index contributed by atoms with van der Waals surface area (Å²) >= 11 is 1.60. The summed E-state index contributed by atoms with van der Waals surface area (Å²) in [6.45, 7) is 0. The number of fused-ring (bicyclic) bond motifs is 1. The van der Waals surface area contributed by atoms with Gasteiger partial charge in [0, 0.05) is 17.0 Å². The van der Waals surface area contributed by atoms with Crippen LogP contribution in [0.25, 0.3) is 21.5 Å². The number of methoxy groups -OCH3 is 1. The molecule has 0 unspecified atom stereocenters. The van der Waals surface area contributed by atoms with Crippen LogP contribution in [0.3, 0.4) is 0 Å². The van der Waals surface area contributed by atoms with Gasteiger partial charge in [0.2, 0.25) is 0 Å². The number of benzene rings is 1. The molecule has 0 aliphatic heterocycles. The highest BCUT2D eigenvalue weighted by atomic mass is 32.1. The van der Waals surface area contributed by atoms with Crippen LogP contribution in [0.4, 0.5) is 0 Å². The van der Waals surface area contributed by atoms with Crippen LogP contribution in [0.2, 0.25) is 0 Å². The van der Waals surface area contributed by atoms with Crippen molar-refractivity contribution in [3.8, 4) is 16.3 Å². The highest BCUT2D eigenvalue weighted by molar-refractivity contribution is 7.13. The van der Waals surface area contributed by atoms with Gasteiger partial charge >= 0.3 is 0 Å². The predicted octanol–water partition coefficient (Wildman–Crippen LogP) is 3.37. The van der Waals surface area contributed by atoms with Crippen molar-refractivity contribution in [1.82, 2.24) is 9.97 Å². The van der Waals surface area contributed by atoms with E-state index < -0.39 is 0 Å². The van der Waals surface area contributed by atoms with E-state index in [0.29, 0.717) is 0 Å². The van der Waals surface area contributed by atoms with Crippen molar-refractivity contribution in [3.05, 3.63) is 42.0 Å². The van der Waals surface area contributed by atoms with Gasteiger partial charge in [0.25, 0.3) is 0 Å². The normalized spacial score (nSPS) is 10.6. The van der Waals surface area contributed by atoms with Crippen LogP contribution in [0, 0.1) is 0 Å². The number of thiazole rings is 1. The zero-order chi connectivity index (χ0) is 11.7. The maximum atomic E-state index is 5.38. The smallest absolute Gasteiger partial charge is 0.148 e. The molecule has 17 heavy (non-hydrogen) atoms. The number of pyridine rings is 1. The molecular formula is C13H10N2OS. The molecule has 0 aliphatic rings. The second-order valence-corrected chi connectivity index (χ2v) is 4.45. The first-order chi connectivity index (χ1) is 8.40. The highest BCUT2D eigenvalue weighted by Gasteiger charge is 2.13. The third kappa shape index (κ3) is 1.66. The number of hydrogen-bond donors (Lipinski definition) is 0. The van der Waals surface area contributed by atoms with Crippen LogP contribution in [0.5, 0.6) is 5.75 Å². The molecular weight excluding hydrogens is 232 g/mol. The van der Waals surface area contributed by atoms with Crippen LogP contribution >= 0.6 is 11.3 Å². The van der Waals surface area contributed by atoms with Crippen LogP contribution in [-0.2, 0) is 0 Å². The molecule has 1 aromatic carbocycles. The average Bonchev–Trinajstić information content (AvgIpc) is 2.91. The standard InChI is InChI=1S/C13H10N2OS/c1-16-11-8-15-10-5-3-2-4-9(10)12(11)13-14-6-7-17-13/h2-8H,1H3. The molecule has 84 valence electrons. The lowest BCUT2D eigenvalue weighted by Crippen LogP contribution is -1.91. The average molecular weight is 242 g/mol. The molecule has 4 heteroatoms. The monoisotopic (exact) mass is 242 g/mol. The second-order valence-electron chi connectivity index (χ2n) is 3.56. The summed E-state index contributed by atoms with van der Waals surface area (Å²) in [4.78, 5) is 8.73. The maximum Gasteiger partial charge on any atom is 0.148 e. The summed E-state index contributed by atoms with van der Waals surface area (Å²) in [7, 11) is 1.66. The van der Waals surface area contributed by atoms with Gasteiger partial charge in [-0.15, -0.1) is 11.3 Å². The number of para-hydroxylation sites is 1. The van der Waals surface area contributed by atoms with Crippen LogP contribution in [-0.4, -0.2) is 17.1 Å². The molecule has 0 saturated heterocycles. The lowest BCUT2D eigenvalue weighted by molar-refractivity contribution is 0.415. The third-order valence-electron chi connectivity index (χ3n) is 2.61. The molecule has 0 N–H and O–H groups in total. The zero-order valence-electron chi connectivity index (χ0n) is 9.25. The Kier molecular flexibility index (Phi) is 2.49. The summed E-state index contributed by atoms with van der Waals surface area (Å²) in [5.41, 5.74) is 1.98. The number of nitrogens with zero attached hydrogens (tertiary/aromatic N) is 2. The van der Waals surface area contributed by atoms with Crippen molar-refractivity contribution in [3.63, 3.8) is 0 Å². The molecule has 3 aromatic rings. The lowest BCUT2D eigenvalue weighted by Gasteiger charge is -2.08. The molecule has 0 aliphatic carbocycles. The Balaban J connectivity index is 2.39. The largest absolute Gasteiger partial charge is 0.494 e. The number of rotatable bonds is 2. The maximum absolute atomic E-state index is 5.38. The first-order valence-corrected chi connectivity index (χ1v) is 6.09. The van der Waals surface area contributed by atoms with E-state index in [0.717, 1.165) is 27.2 Å². The SMILES string of the molecule is COc1cnc2ccccc2c1-c1nccs1. The zero-order valence-corrected chi connectivity index (χ0v) is 10.1. The Labute approximate surface area is 103 Å². The Hall–Kier alpha value is -1.94. The van der Waals surface area contributed by atoms with E-state index in [1.165, 1.54) is 0 Å². The first-order valence-electron chi connectivity index (χ1n) is 5.22. The Bertz CT molecular complexity index is 650. The Morgan fingerprint density at radius 2 is 2.06 bits per heavy atom. The summed E-state index contributed by atoms with van der Waals surface area (Å²) in [5, 5.41) is 3.99. The fourth-order valence-corrected chi connectivity index (χ4v) is 2.55. The fourth-order valence-electron chi connectivity index (χ4n) is 1.85. The van der Waals surface area contributed by atoms with Crippen LogP contribution < -0.4 is 4.74 Å². The number of aromatic nitrogens is 2. The summed E-state index contributed by atoms with van der Waals surface area (Å²) in [5.74, 6) is 0.763. The van der Waals surface area contributed by atoms with E-state index in [2.05, 4.69) is 9.97 Å². The molecule has 2 heterocycles. The summed E-state index contributed by atoms with van der Waals surface area (Å²) < 4.78 is 5.38. The topological polar surface area (TPSA) is 35.0 Å². The molecule has 0 bridgehead atoms. The predicted molar refractivity (Wildman–Crippen MR) is 69.4 cm³/mol. The van der Waals surface area contributed by atoms with Crippen molar-refractivity contribution in [2.45, 2.75) is 0 Å². The van der Waals surface area contributed by atoms with E-state index >= 15 is 0 Å². The first kappa shape index (κ1) is 10.2. The van der Waals surface area contributed by atoms with E-state index in [1.54, 1.807) is 30.8 Å². The van der Waals surface area contributed by atoms with Crippen molar-refractivity contribution in [2.75, 3.05) is 7.11 Å². The Morgan fingerprint density at radius 3 is 2.82 bits per heavy atom. The Morgan fingerprint density at radius 1 is 1.18 bits per heavy atom. The van der Waals surface area contributed by atoms with Gasteiger partial charge in [-0.2, -0.15) is 0 Å². The van der Waals surface area contributed by atoms with Crippen LogP contribution in [0.15, 0.2) is 42.0 Å². The van der Waals surface area contributed by atoms with Gasteiger partial charge in [0.05, 0.1) is 24.4 Å². The van der Waals surface area contributed by atoms with Crippen molar-refractivity contribution in [2.24, 2.45) is 0 Å². The molecule has 3 nitrogen and oxygen atoms in total. The fraction of sp³-hybridized carbons (Fsp3) is 0.0769. The minimum Gasteiger partial charge on any atom is -0.494 e. The molecule has 0 atom stereocenters. The third-order valence-corrected chi connectivity index (χ3v) is 3.40. The molecule has 0 spiro atoms. The lowest BCUT2D eigenvalue weighted by atomic mass is 10.1. The number of hydrogen-bond acceptors (Lipinski definition) is 4. The van der Waals surface area contributed by atoms with Crippen molar-refractivity contribution < 1.29 is 4.74 Å². The highest BCUT2D eigenvalue weighted by Crippen LogP contribution is 2.36. The van der Waals surface area contributed by atoms with Gasteiger partial charge in [-0.05, 0) is 6.07 Å². The van der Waals surface area contributed by atoms with Gasteiger partial charge in [0.15, 0.2) is 0 Å². The molecule has 2 aromatic heterocycles. The van der Waals surface area contributed by atoms with E-state index in [9.17, 15) is 0 Å². The number of ether oxygens (including phenoxy) is 1. The quantitative estimate of drug-likeness (QED) is 0.691. The van der Waals surface area contributed by atoms with Crippen LogP contribution in [0.1, 0.15) is 0 Å². The van der Waals surface area contributed by atoms with Gasteiger partial charge in [-0.3, -0.25) is 4.98 Å². The minimum absolute atomic E-state index is 0.763. The minimum atomic E-state index is 0.763. The molecule has 0 amide bonds. The molecule has 0 fully saturated rings. The van der Waals surface area contributed by atoms with Crippen molar-refractivity contribution >= 4 is 22.2 Å².